The van der Waals surface area contributed by atoms with Crippen molar-refractivity contribution in [1.82, 2.24) is 5.32 Å². The number of nitrogens with zero attached hydrogens (tertiary/aromatic N) is 1. The first-order valence-corrected chi connectivity index (χ1v) is 5.82. The van der Waals surface area contributed by atoms with Crippen LogP contribution in [0.4, 0.5) is 5.69 Å². The van der Waals surface area contributed by atoms with E-state index in [0.717, 1.165) is 12.1 Å². The number of carbonyl (C=O) groups excluding carboxylic acids is 1. The summed E-state index contributed by atoms with van der Waals surface area (Å²) >= 11 is 11.5. The van der Waals surface area contributed by atoms with Crippen molar-refractivity contribution in [2.45, 2.75) is 6.04 Å². The highest BCUT2D eigenvalue weighted by Gasteiger charge is 2.21. The molecule has 0 spiro atoms. The first kappa shape index (κ1) is 15.6. The second kappa shape index (κ2) is 6.67. The number of rotatable bonds is 5. The van der Waals surface area contributed by atoms with E-state index in [2.05, 4.69) is 5.32 Å². The van der Waals surface area contributed by atoms with E-state index in [0.29, 0.717) is 0 Å². The van der Waals surface area contributed by atoms with Gasteiger partial charge in [-0.05, 0) is 0 Å². The van der Waals surface area contributed by atoms with Crippen molar-refractivity contribution >= 4 is 34.8 Å². The smallest absolute Gasteiger partial charge is 0.271 e. The quantitative estimate of drug-likeness (QED) is 0.554. The van der Waals surface area contributed by atoms with Gasteiger partial charge in [-0.3, -0.25) is 14.9 Å². The number of non-ortho nitro benzene ring substituents is 1. The van der Waals surface area contributed by atoms with Gasteiger partial charge < -0.3 is 15.5 Å². The van der Waals surface area contributed by atoms with Crippen LogP contribution in [-0.2, 0) is 0 Å². The molecule has 0 heterocycles. The zero-order chi connectivity index (χ0) is 14.6. The maximum absolute atomic E-state index is 11.8. The van der Waals surface area contributed by atoms with Gasteiger partial charge in [0.25, 0.3) is 11.6 Å². The molecule has 9 heteroatoms. The van der Waals surface area contributed by atoms with Gasteiger partial charge in [0, 0.05) is 12.1 Å². The molecule has 1 amide bonds. The third kappa shape index (κ3) is 3.77. The number of aliphatic hydroxyl groups excluding tert-OH is 2. The number of benzene rings is 1. The van der Waals surface area contributed by atoms with Crippen LogP contribution in [0.5, 0.6) is 0 Å². The largest absolute Gasteiger partial charge is 0.394 e. The van der Waals surface area contributed by atoms with Crippen LogP contribution in [0.15, 0.2) is 12.1 Å². The van der Waals surface area contributed by atoms with Gasteiger partial charge in [-0.15, -0.1) is 0 Å². The summed E-state index contributed by atoms with van der Waals surface area (Å²) in [4.78, 5) is 21.8. The van der Waals surface area contributed by atoms with E-state index in [4.69, 9.17) is 33.4 Å². The second-order valence-corrected chi connectivity index (χ2v) is 4.37. The van der Waals surface area contributed by atoms with E-state index in [1.165, 1.54) is 0 Å². The SMILES string of the molecule is O=C(NC(CO)CO)c1cc([N+](=O)[O-])cc(Cl)c1Cl. The van der Waals surface area contributed by atoms with Crippen LogP contribution in [-0.4, -0.2) is 40.3 Å². The maximum Gasteiger partial charge on any atom is 0.271 e. The van der Waals surface area contributed by atoms with Crippen LogP contribution in [0.2, 0.25) is 10.0 Å². The Labute approximate surface area is 117 Å². The highest BCUT2D eigenvalue weighted by atomic mass is 35.5. The number of nitro groups is 1. The molecule has 1 aromatic rings. The highest BCUT2D eigenvalue weighted by Crippen LogP contribution is 2.30. The molecule has 104 valence electrons. The average molecular weight is 309 g/mol. The first-order valence-electron chi connectivity index (χ1n) is 5.06. The molecule has 7 nitrogen and oxygen atoms in total. The highest BCUT2D eigenvalue weighted by molar-refractivity contribution is 6.44. The number of aliphatic hydroxyl groups is 2. The Morgan fingerprint density at radius 3 is 2.42 bits per heavy atom. The summed E-state index contributed by atoms with van der Waals surface area (Å²) in [6, 6.07) is 1.10. The Balaban J connectivity index is 3.11. The van der Waals surface area contributed by atoms with E-state index >= 15 is 0 Å². The Morgan fingerprint density at radius 1 is 1.37 bits per heavy atom. The lowest BCUT2D eigenvalue weighted by molar-refractivity contribution is -0.384. The molecule has 0 atom stereocenters. The number of nitrogens with one attached hydrogen (secondary N) is 1. The summed E-state index contributed by atoms with van der Waals surface area (Å²) < 4.78 is 0. The molecule has 0 unspecified atom stereocenters. The van der Waals surface area contributed by atoms with Gasteiger partial charge in [0.05, 0.1) is 39.8 Å². The fraction of sp³-hybridized carbons (Fsp3) is 0.300. The molecule has 0 aliphatic rings. The molecule has 0 aromatic heterocycles. The molecule has 0 saturated carbocycles. The van der Waals surface area contributed by atoms with Gasteiger partial charge in [0.2, 0.25) is 0 Å². The van der Waals surface area contributed by atoms with Crippen molar-refractivity contribution in [3.8, 4) is 0 Å². The number of nitro benzene ring substituents is 1. The molecule has 0 radical (unpaired) electrons. The van der Waals surface area contributed by atoms with Gasteiger partial charge in [-0.25, -0.2) is 0 Å². The van der Waals surface area contributed by atoms with Crippen LogP contribution in [0, 0.1) is 10.1 Å². The van der Waals surface area contributed by atoms with E-state index in [9.17, 15) is 14.9 Å². The lowest BCUT2D eigenvalue weighted by atomic mass is 10.1. The number of hydrogen-bond donors (Lipinski definition) is 3. The predicted octanol–water partition coefficient (Wildman–Crippen LogP) is 0.985. The lowest BCUT2D eigenvalue weighted by Gasteiger charge is -2.14. The van der Waals surface area contributed by atoms with Gasteiger partial charge in [-0.2, -0.15) is 0 Å². The minimum absolute atomic E-state index is 0.134. The third-order valence-electron chi connectivity index (χ3n) is 2.24. The number of amides is 1. The molecule has 0 bridgehead atoms. The minimum atomic E-state index is -0.887. The standard InChI is InChI=1S/C10H10Cl2N2O5/c11-8-2-6(14(18)19)1-7(9(8)12)10(17)13-5(3-15)4-16/h1-2,5,15-16H,3-4H2,(H,13,17). The Hall–Kier alpha value is -1.41. The minimum Gasteiger partial charge on any atom is -0.394 e. The van der Waals surface area contributed by atoms with Crippen LogP contribution < -0.4 is 5.32 Å². The molecule has 0 aliphatic heterocycles. The Kier molecular flexibility index (Phi) is 5.49. The van der Waals surface area contributed by atoms with E-state index in [-0.39, 0.29) is 21.3 Å². The first-order chi connectivity index (χ1) is 8.90. The van der Waals surface area contributed by atoms with Crippen LogP contribution >= 0.6 is 23.2 Å². The molecule has 19 heavy (non-hydrogen) atoms. The molecular weight excluding hydrogens is 299 g/mol. The molecule has 1 rings (SSSR count). The van der Waals surface area contributed by atoms with Crippen molar-refractivity contribution in [1.29, 1.82) is 0 Å². The number of halogens is 2. The fourth-order valence-corrected chi connectivity index (χ4v) is 1.67. The molecule has 0 aliphatic carbocycles. The molecule has 3 N–H and O–H groups in total. The van der Waals surface area contributed by atoms with E-state index in [1.54, 1.807) is 0 Å². The zero-order valence-corrected chi connectivity index (χ0v) is 11.0. The van der Waals surface area contributed by atoms with E-state index in [1.807, 2.05) is 0 Å². The van der Waals surface area contributed by atoms with E-state index < -0.39 is 30.1 Å². The molecular formula is C10H10Cl2N2O5. The van der Waals surface area contributed by atoms with Crippen molar-refractivity contribution in [3.05, 3.63) is 37.9 Å². The zero-order valence-electron chi connectivity index (χ0n) is 9.47. The summed E-state index contributed by atoms with van der Waals surface area (Å²) in [6.07, 6.45) is 0. The second-order valence-electron chi connectivity index (χ2n) is 3.58. The van der Waals surface area contributed by atoms with Crippen molar-refractivity contribution in [2.75, 3.05) is 13.2 Å². The van der Waals surface area contributed by atoms with Crippen LogP contribution in [0.25, 0.3) is 0 Å². The average Bonchev–Trinajstić information content (AvgIpc) is 2.38. The topological polar surface area (TPSA) is 113 Å². The van der Waals surface area contributed by atoms with Gasteiger partial charge in [0.15, 0.2) is 0 Å². The summed E-state index contributed by atoms with van der Waals surface area (Å²) in [6.45, 7) is -0.967. The maximum atomic E-state index is 11.8. The predicted molar refractivity (Wildman–Crippen MR) is 68.5 cm³/mol. The molecule has 0 saturated heterocycles. The fourth-order valence-electron chi connectivity index (χ4n) is 1.26. The Bertz CT molecular complexity index is 505. The summed E-state index contributed by atoms with van der Waals surface area (Å²) in [5.74, 6) is -0.774. The van der Waals surface area contributed by atoms with Crippen LogP contribution in [0.1, 0.15) is 10.4 Å². The molecule has 1 aromatic carbocycles. The summed E-state index contributed by atoms with van der Waals surface area (Å²) in [5.41, 5.74) is -0.586. The number of hydrogen-bond acceptors (Lipinski definition) is 5. The summed E-state index contributed by atoms with van der Waals surface area (Å²) in [7, 11) is 0. The molecule has 0 fully saturated rings. The van der Waals surface area contributed by atoms with Crippen LogP contribution in [0.3, 0.4) is 0 Å². The number of carbonyl (C=O) groups is 1. The van der Waals surface area contributed by atoms with Gasteiger partial charge in [0.1, 0.15) is 0 Å². The Morgan fingerprint density at radius 2 is 1.95 bits per heavy atom. The lowest BCUT2D eigenvalue weighted by Crippen LogP contribution is -2.40. The van der Waals surface area contributed by atoms with Crippen molar-refractivity contribution < 1.29 is 19.9 Å². The summed E-state index contributed by atoms with van der Waals surface area (Å²) in [5, 5.41) is 30.3. The third-order valence-corrected chi connectivity index (χ3v) is 3.05. The van der Waals surface area contributed by atoms with Gasteiger partial charge in [-0.1, -0.05) is 23.2 Å². The van der Waals surface area contributed by atoms with Crippen molar-refractivity contribution in [2.24, 2.45) is 0 Å². The van der Waals surface area contributed by atoms with Crippen molar-refractivity contribution in [3.63, 3.8) is 0 Å². The normalized spacial score (nSPS) is 10.6. The monoisotopic (exact) mass is 308 g/mol. The van der Waals surface area contributed by atoms with Gasteiger partial charge >= 0.3 is 0 Å².